The summed E-state index contributed by atoms with van der Waals surface area (Å²) in [6.07, 6.45) is -5.40. The third-order valence-corrected chi connectivity index (χ3v) is 3.89. The molecule has 0 aromatic rings. The molecule has 0 aliphatic carbocycles. The van der Waals surface area contributed by atoms with E-state index >= 15 is 0 Å². The summed E-state index contributed by atoms with van der Waals surface area (Å²) in [6, 6.07) is 0. The van der Waals surface area contributed by atoms with Gasteiger partial charge in [0.05, 0.1) is 5.92 Å². The van der Waals surface area contributed by atoms with Gasteiger partial charge in [-0.1, -0.05) is 13.8 Å². The molecule has 10 heteroatoms. The van der Waals surface area contributed by atoms with Gasteiger partial charge in [0, 0.05) is 0 Å². The summed E-state index contributed by atoms with van der Waals surface area (Å²) >= 11 is 0. The molecule has 5 nitrogen and oxygen atoms in total. The van der Waals surface area contributed by atoms with Gasteiger partial charge in [-0.2, -0.15) is 22.0 Å². The van der Waals surface area contributed by atoms with Gasteiger partial charge < -0.3 is 19.3 Å². The van der Waals surface area contributed by atoms with E-state index < -0.39 is 47.8 Å². The van der Waals surface area contributed by atoms with Crippen molar-refractivity contribution in [2.45, 2.75) is 70.3 Å². The van der Waals surface area contributed by atoms with Crippen LogP contribution >= 0.6 is 0 Å². The summed E-state index contributed by atoms with van der Waals surface area (Å²) in [4.78, 5) is 11.6. The number of carbonyl (C=O) groups is 1. The molecule has 142 valence electrons. The van der Waals surface area contributed by atoms with Crippen LogP contribution in [0.3, 0.4) is 0 Å². The quantitative estimate of drug-likeness (QED) is 0.614. The maximum atomic E-state index is 14.1. The van der Waals surface area contributed by atoms with E-state index in [1.807, 2.05) is 0 Å². The zero-order chi connectivity index (χ0) is 19.2. The molecule has 0 spiro atoms. The van der Waals surface area contributed by atoms with Crippen molar-refractivity contribution < 1.29 is 46.1 Å². The minimum Gasteiger partial charge on any atom is -0.460 e. The van der Waals surface area contributed by atoms with E-state index in [9.17, 15) is 31.9 Å². The predicted molar refractivity (Wildman–Crippen MR) is 71.0 cm³/mol. The SMILES string of the molecule is CCC(C)C(=O)OCC1(C)OC(C)(C)C(F)(F)C(O)(C(F)(F)F)O1. The highest BCUT2D eigenvalue weighted by Crippen LogP contribution is 2.55. The topological polar surface area (TPSA) is 65.0 Å². The first-order valence-corrected chi connectivity index (χ1v) is 7.27. The van der Waals surface area contributed by atoms with Crippen LogP contribution in [0.15, 0.2) is 0 Å². The number of esters is 1. The van der Waals surface area contributed by atoms with Crippen molar-refractivity contribution in [3.05, 3.63) is 0 Å². The largest absolute Gasteiger partial charge is 0.460 e. The van der Waals surface area contributed by atoms with Gasteiger partial charge in [0.25, 0.3) is 0 Å². The van der Waals surface area contributed by atoms with Crippen LogP contribution in [-0.2, 0) is 19.0 Å². The van der Waals surface area contributed by atoms with E-state index in [0.29, 0.717) is 20.3 Å². The van der Waals surface area contributed by atoms with Crippen LogP contribution in [-0.4, -0.2) is 47.0 Å². The Labute approximate surface area is 136 Å². The van der Waals surface area contributed by atoms with Crippen LogP contribution in [0.1, 0.15) is 41.0 Å². The van der Waals surface area contributed by atoms with Crippen LogP contribution in [0.5, 0.6) is 0 Å². The molecular weight excluding hydrogens is 343 g/mol. The molecule has 1 rings (SSSR count). The van der Waals surface area contributed by atoms with E-state index in [-0.39, 0.29) is 0 Å². The molecule has 1 N–H and O–H groups in total. The van der Waals surface area contributed by atoms with E-state index in [4.69, 9.17) is 9.47 Å². The molecule has 24 heavy (non-hydrogen) atoms. The molecular formula is C14H21F5O5. The summed E-state index contributed by atoms with van der Waals surface area (Å²) < 4.78 is 81.4. The lowest BCUT2D eigenvalue weighted by Gasteiger charge is -2.54. The Hall–Kier alpha value is -1.00. The van der Waals surface area contributed by atoms with Crippen LogP contribution in [0.25, 0.3) is 0 Å². The molecule has 1 aliphatic rings. The third kappa shape index (κ3) is 3.36. The van der Waals surface area contributed by atoms with Gasteiger partial charge in [-0.3, -0.25) is 4.79 Å². The summed E-state index contributed by atoms with van der Waals surface area (Å²) in [7, 11) is 0. The highest BCUT2D eigenvalue weighted by atomic mass is 19.4. The van der Waals surface area contributed by atoms with Crippen molar-refractivity contribution in [2.75, 3.05) is 6.61 Å². The Balaban J connectivity index is 3.13. The van der Waals surface area contributed by atoms with Crippen molar-refractivity contribution in [1.82, 2.24) is 0 Å². The lowest BCUT2D eigenvalue weighted by molar-refractivity contribution is -0.542. The molecule has 0 aromatic heterocycles. The summed E-state index contributed by atoms with van der Waals surface area (Å²) in [5.41, 5.74) is -2.74. The molecule has 3 atom stereocenters. The highest BCUT2D eigenvalue weighted by molar-refractivity contribution is 5.71. The number of rotatable bonds is 4. The van der Waals surface area contributed by atoms with Gasteiger partial charge in [0.1, 0.15) is 12.2 Å². The fourth-order valence-corrected chi connectivity index (χ4v) is 2.22. The fourth-order valence-electron chi connectivity index (χ4n) is 2.22. The average Bonchev–Trinajstić information content (AvgIpc) is 2.40. The van der Waals surface area contributed by atoms with Crippen molar-refractivity contribution in [3.63, 3.8) is 0 Å². The molecule has 1 saturated heterocycles. The number of carbonyl (C=O) groups excluding carboxylic acids is 1. The lowest BCUT2D eigenvalue weighted by Crippen LogP contribution is -2.76. The number of hydrogen-bond donors (Lipinski definition) is 1. The van der Waals surface area contributed by atoms with Gasteiger partial charge >= 0.3 is 23.9 Å². The van der Waals surface area contributed by atoms with Gasteiger partial charge in [0.2, 0.25) is 5.79 Å². The maximum absolute atomic E-state index is 14.1. The van der Waals surface area contributed by atoms with Crippen LogP contribution in [0.2, 0.25) is 0 Å². The monoisotopic (exact) mass is 364 g/mol. The Morgan fingerprint density at radius 1 is 1.21 bits per heavy atom. The first-order valence-electron chi connectivity index (χ1n) is 7.27. The first kappa shape index (κ1) is 21.0. The van der Waals surface area contributed by atoms with Gasteiger partial charge in [-0.15, -0.1) is 0 Å². The molecule has 1 aliphatic heterocycles. The maximum Gasteiger partial charge on any atom is 0.449 e. The fraction of sp³-hybridized carbons (Fsp3) is 0.929. The number of halogens is 5. The van der Waals surface area contributed by atoms with Crippen molar-refractivity contribution in [2.24, 2.45) is 5.92 Å². The standard InChI is InChI=1S/C14H21F5O5/c1-6-8(2)9(20)22-7-11(5)23-10(3,4)12(15,16)13(21,24-11)14(17,18)19/h8,21H,6-7H2,1-5H3. The van der Waals surface area contributed by atoms with Crippen molar-refractivity contribution >= 4 is 5.97 Å². The van der Waals surface area contributed by atoms with Crippen molar-refractivity contribution in [3.8, 4) is 0 Å². The smallest absolute Gasteiger partial charge is 0.449 e. The zero-order valence-electron chi connectivity index (χ0n) is 14.0. The van der Waals surface area contributed by atoms with Crippen LogP contribution < -0.4 is 0 Å². The summed E-state index contributed by atoms with van der Waals surface area (Å²) in [6.45, 7) is 4.56. The molecule has 3 unspecified atom stereocenters. The van der Waals surface area contributed by atoms with E-state index in [1.54, 1.807) is 6.92 Å². The molecule has 1 heterocycles. The van der Waals surface area contributed by atoms with Crippen molar-refractivity contribution in [1.29, 1.82) is 0 Å². The van der Waals surface area contributed by atoms with E-state index in [2.05, 4.69) is 4.74 Å². The molecule has 0 radical (unpaired) electrons. The number of ether oxygens (including phenoxy) is 3. The minimum absolute atomic E-state index is 0.410. The van der Waals surface area contributed by atoms with Gasteiger partial charge in [0.15, 0.2) is 0 Å². The Bertz CT molecular complexity index is 492. The van der Waals surface area contributed by atoms with Crippen LogP contribution in [0.4, 0.5) is 22.0 Å². The second kappa shape index (κ2) is 6.06. The molecule has 0 saturated carbocycles. The van der Waals surface area contributed by atoms with Gasteiger partial charge in [-0.25, -0.2) is 0 Å². The van der Waals surface area contributed by atoms with Gasteiger partial charge in [-0.05, 0) is 27.2 Å². The lowest BCUT2D eigenvalue weighted by atomic mass is 9.89. The van der Waals surface area contributed by atoms with E-state index in [1.165, 1.54) is 6.92 Å². The zero-order valence-corrected chi connectivity index (χ0v) is 14.0. The highest BCUT2D eigenvalue weighted by Gasteiger charge is 2.81. The molecule has 1 fully saturated rings. The third-order valence-electron chi connectivity index (χ3n) is 3.89. The predicted octanol–water partition coefficient (Wildman–Crippen LogP) is 3.00. The number of hydrogen-bond acceptors (Lipinski definition) is 5. The molecule has 0 aromatic carbocycles. The minimum atomic E-state index is -5.81. The Morgan fingerprint density at radius 3 is 2.12 bits per heavy atom. The normalized spacial score (nSPS) is 33.8. The second-order valence-electron chi connectivity index (χ2n) is 6.48. The Morgan fingerprint density at radius 2 is 1.71 bits per heavy atom. The van der Waals surface area contributed by atoms with E-state index in [0.717, 1.165) is 6.92 Å². The Kier molecular flexibility index (Phi) is 5.32. The molecule has 0 bridgehead atoms. The summed E-state index contributed by atoms with van der Waals surface area (Å²) in [5.74, 6) is -13.3. The molecule has 0 amide bonds. The summed E-state index contributed by atoms with van der Waals surface area (Å²) in [5, 5.41) is 9.61. The van der Waals surface area contributed by atoms with Crippen LogP contribution in [0, 0.1) is 5.92 Å². The average molecular weight is 364 g/mol. The second-order valence-corrected chi connectivity index (χ2v) is 6.48. The first-order chi connectivity index (χ1) is 10.5. The number of aliphatic hydroxyl groups is 1. The number of alkyl halides is 5.